The largest absolute Gasteiger partial charge is 0.478 e. The summed E-state index contributed by atoms with van der Waals surface area (Å²) in [6.45, 7) is 2.16. The van der Waals surface area contributed by atoms with Crippen LogP contribution in [-0.2, 0) is 0 Å². The first-order valence-electron chi connectivity index (χ1n) is 8.28. The fourth-order valence-electron chi connectivity index (χ4n) is 3.40. The summed E-state index contributed by atoms with van der Waals surface area (Å²) in [7, 11) is 0. The van der Waals surface area contributed by atoms with Crippen molar-refractivity contribution >= 4 is 38.3 Å². The molecule has 1 atom stereocenters. The number of carbonyl (C=O) groups is 1. The van der Waals surface area contributed by atoms with Crippen molar-refractivity contribution in [1.29, 1.82) is 0 Å². The number of carboxylic acids is 1. The summed E-state index contributed by atoms with van der Waals surface area (Å²) in [4.78, 5) is 16.2. The van der Waals surface area contributed by atoms with Crippen molar-refractivity contribution in [2.45, 2.75) is 19.3 Å². The number of carboxylic acid groups (broad SMARTS) is 1. The minimum absolute atomic E-state index is 0.191. The molecule has 2 aromatic carbocycles. The molecule has 2 aromatic heterocycles. The molecule has 0 aliphatic carbocycles. The average Bonchev–Trinajstić information content (AvgIpc) is 3.13. The molecule has 0 saturated heterocycles. The van der Waals surface area contributed by atoms with E-state index in [1.165, 1.54) is 10.3 Å². The third-order valence-corrected chi connectivity index (χ3v) is 5.56. The lowest BCUT2D eigenvalue weighted by Gasteiger charge is -2.17. The van der Waals surface area contributed by atoms with Gasteiger partial charge in [-0.15, -0.1) is 11.3 Å². The fraction of sp³-hybridized carbons (Fsp3) is 0.143. The normalized spacial score (nSPS) is 12.5. The van der Waals surface area contributed by atoms with Crippen LogP contribution in [0.1, 0.15) is 40.9 Å². The second-order valence-corrected chi connectivity index (χ2v) is 6.99. The Balaban J connectivity index is 2.01. The molecule has 4 heteroatoms. The molecule has 0 fully saturated rings. The van der Waals surface area contributed by atoms with Gasteiger partial charge in [0.25, 0.3) is 0 Å². The number of thiophene rings is 1. The fourth-order valence-corrected chi connectivity index (χ4v) is 4.34. The van der Waals surface area contributed by atoms with Crippen LogP contribution in [0.2, 0.25) is 0 Å². The molecule has 124 valence electrons. The van der Waals surface area contributed by atoms with Crippen LogP contribution in [0, 0.1) is 0 Å². The van der Waals surface area contributed by atoms with E-state index in [4.69, 9.17) is 4.98 Å². The highest BCUT2D eigenvalue weighted by Gasteiger charge is 2.19. The highest BCUT2D eigenvalue weighted by Crippen LogP contribution is 2.37. The number of fused-ring (bicyclic) bond motifs is 3. The lowest BCUT2D eigenvalue weighted by atomic mass is 9.90. The summed E-state index contributed by atoms with van der Waals surface area (Å²) < 4.78 is 1.17. The molecule has 0 aliphatic heterocycles. The molecule has 0 aliphatic rings. The van der Waals surface area contributed by atoms with Crippen molar-refractivity contribution in [3.8, 4) is 0 Å². The van der Waals surface area contributed by atoms with Gasteiger partial charge in [-0.1, -0.05) is 43.3 Å². The van der Waals surface area contributed by atoms with Gasteiger partial charge in [-0.05, 0) is 35.6 Å². The highest BCUT2D eigenvalue weighted by molar-refractivity contribution is 7.18. The van der Waals surface area contributed by atoms with E-state index >= 15 is 0 Å². The Kier molecular flexibility index (Phi) is 3.98. The van der Waals surface area contributed by atoms with Gasteiger partial charge < -0.3 is 5.11 Å². The predicted molar refractivity (Wildman–Crippen MR) is 103 cm³/mol. The third-order valence-electron chi connectivity index (χ3n) is 4.61. The van der Waals surface area contributed by atoms with Gasteiger partial charge in [0.05, 0.1) is 16.8 Å². The van der Waals surface area contributed by atoms with Crippen LogP contribution in [0.3, 0.4) is 0 Å². The molecule has 0 amide bonds. The quantitative estimate of drug-likeness (QED) is 0.516. The SMILES string of the molecule is CCC(c1ccccc1)c1nc2cc(C(=O)O)ccc2c2sccc12. The Morgan fingerprint density at radius 2 is 1.92 bits per heavy atom. The molecule has 1 unspecified atom stereocenters. The number of rotatable bonds is 4. The zero-order chi connectivity index (χ0) is 17.4. The van der Waals surface area contributed by atoms with E-state index in [-0.39, 0.29) is 11.5 Å². The lowest BCUT2D eigenvalue weighted by Crippen LogP contribution is -2.04. The second-order valence-electron chi connectivity index (χ2n) is 6.07. The Morgan fingerprint density at radius 3 is 2.64 bits per heavy atom. The summed E-state index contributed by atoms with van der Waals surface area (Å²) in [5, 5.41) is 13.6. The maximum absolute atomic E-state index is 11.3. The third kappa shape index (κ3) is 2.68. The molecule has 1 N–H and O–H groups in total. The number of pyridine rings is 1. The topological polar surface area (TPSA) is 50.2 Å². The maximum atomic E-state index is 11.3. The van der Waals surface area contributed by atoms with E-state index < -0.39 is 5.97 Å². The summed E-state index contributed by atoms with van der Waals surface area (Å²) in [6.07, 6.45) is 0.937. The zero-order valence-corrected chi connectivity index (χ0v) is 14.6. The molecule has 25 heavy (non-hydrogen) atoms. The van der Waals surface area contributed by atoms with Crippen LogP contribution >= 0.6 is 11.3 Å². The minimum Gasteiger partial charge on any atom is -0.478 e. The molecule has 3 nitrogen and oxygen atoms in total. The molecule has 0 spiro atoms. The summed E-state index contributed by atoms with van der Waals surface area (Å²) >= 11 is 1.68. The molecular formula is C21H17NO2S. The van der Waals surface area contributed by atoms with Gasteiger partial charge in [0.1, 0.15) is 0 Å². The van der Waals surface area contributed by atoms with E-state index in [0.717, 1.165) is 28.4 Å². The lowest BCUT2D eigenvalue weighted by molar-refractivity contribution is 0.0697. The van der Waals surface area contributed by atoms with Gasteiger partial charge >= 0.3 is 5.97 Å². The van der Waals surface area contributed by atoms with Gasteiger partial charge in [-0.3, -0.25) is 4.98 Å². The Hall–Kier alpha value is -2.72. The number of hydrogen-bond donors (Lipinski definition) is 1. The smallest absolute Gasteiger partial charge is 0.335 e. The van der Waals surface area contributed by atoms with Gasteiger partial charge in [-0.25, -0.2) is 4.79 Å². The van der Waals surface area contributed by atoms with E-state index in [9.17, 15) is 9.90 Å². The first kappa shape index (κ1) is 15.8. The number of hydrogen-bond acceptors (Lipinski definition) is 3. The van der Waals surface area contributed by atoms with Crippen molar-refractivity contribution < 1.29 is 9.90 Å². The first-order valence-corrected chi connectivity index (χ1v) is 9.16. The number of nitrogens with zero attached hydrogens (tertiary/aromatic N) is 1. The van der Waals surface area contributed by atoms with Crippen molar-refractivity contribution in [2.24, 2.45) is 0 Å². The molecule has 4 aromatic rings. The molecule has 0 radical (unpaired) electrons. The van der Waals surface area contributed by atoms with Crippen LogP contribution in [0.25, 0.3) is 21.0 Å². The standard InChI is InChI=1S/C21H17NO2S/c1-2-15(13-6-4-3-5-7-13)19-17-10-11-25-20(17)16-9-8-14(21(23)24)12-18(16)22-19/h3-12,15H,2H2,1H3,(H,23,24). The first-order chi connectivity index (χ1) is 12.2. The van der Waals surface area contributed by atoms with E-state index in [0.29, 0.717) is 0 Å². The van der Waals surface area contributed by atoms with Crippen LogP contribution in [-0.4, -0.2) is 16.1 Å². The number of benzene rings is 2. The zero-order valence-electron chi connectivity index (χ0n) is 13.8. The highest BCUT2D eigenvalue weighted by atomic mass is 32.1. The molecule has 0 saturated carbocycles. The Bertz CT molecular complexity index is 1070. The van der Waals surface area contributed by atoms with E-state index in [1.807, 2.05) is 24.3 Å². The number of aromatic carboxylic acids is 1. The average molecular weight is 347 g/mol. The monoisotopic (exact) mass is 347 g/mol. The van der Waals surface area contributed by atoms with Crippen LogP contribution in [0.5, 0.6) is 0 Å². The summed E-state index contributed by atoms with van der Waals surface area (Å²) in [5.41, 5.74) is 3.28. The van der Waals surface area contributed by atoms with Gasteiger partial charge in [0.2, 0.25) is 0 Å². The van der Waals surface area contributed by atoms with Gasteiger partial charge in [0, 0.05) is 21.4 Å². The van der Waals surface area contributed by atoms with Gasteiger partial charge in [-0.2, -0.15) is 0 Å². The minimum atomic E-state index is -0.924. The van der Waals surface area contributed by atoms with Gasteiger partial charge in [0.15, 0.2) is 0 Å². The summed E-state index contributed by atoms with van der Waals surface area (Å²) in [6, 6.07) is 17.7. The van der Waals surface area contributed by atoms with Crippen molar-refractivity contribution in [2.75, 3.05) is 0 Å². The molecular weight excluding hydrogens is 330 g/mol. The van der Waals surface area contributed by atoms with Crippen molar-refractivity contribution in [3.63, 3.8) is 0 Å². The van der Waals surface area contributed by atoms with Crippen molar-refractivity contribution in [3.05, 3.63) is 76.8 Å². The summed E-state index contributed by atoms with van der Waals surface area (Å²) in [5.74, 6) is -0.734. The van der Waals surface area contributed by atoms with Crippen molar-refractivity contribution in [1.82, 2.24) is 4.98 Å². The molecule has 4 rings (SSSR count). The van der Waals surface area contributed by atoms with Crippen LogP contribution in [0.15, 0.2) is 60.0 Å². The predicted octanol–water partition coefficient (Wildman–Crippen LogP) is 5.69. The Labute approximate surface area is 149 Å². The second kappa shape index (κ2) is 6.30. The Morgan fingerprint density at radius 1 is 1.12 bits per heavy atom. The van der Waals surface area contributed by atoms with E-state index in [1.54, 1.807) is 23.5 Å². The number of aromatic nitrogens is 1. The van der Waals surface area contributed by atoms with Crippen LogP contribution < -0.4 is 0 Å². The van der Waals surface area contributed by atoms with E-state index in [2.05, 4.69) is 30.5 Å². The molecule has 0 bridgehead atoms. The molecule has 2 heterocycles. The van der Waals surface area contributed by atoms with Crippen LogP contribution in [0.4, 0.5) is 0 Å². The maximum Gasteiger partial charge on any atom is 0.335 e.